The molecule has 6 nitrogen and oxygen atoms in total. The van der Waals surface area contributed by atoms with E-state index in [4.69, 9.17) is 5.11 Å². The smallest absolute Gasteiger partial charge is 0.329 e. The molecule has 0 spiro atoms. The third-order valence-electron chi connectivity index (χ3n) is 2.84. The van der Waals surface area contributed by atoms with Crippen LogP contribution in [0.1, 0.15) is 11.1 Å². The first-order chi connectivity index (χ1) is 10.3. The third-order valence-corrected chi connectivity index (χ3v) is 3.80. The third kappa shape index (κ3) is 3.92. The fourth-order valence-corrected chi connectivity index (χ4v) is 2.73. The van der Waals surface area contributed by atoms with Crippen molar-refractivity contribution in [1.82, 2.24) is 4.98 Å². The molecule has 114 valence electrons. The summed E-state index contributed by atoms with van der Waals surface area (Å²) in [6.07, 6.45) is 2.04. The topological polar surface area (TPSA) is 99.3 Å². The highest BCUT2D eigenvalue weighted by Crippen LogP contribution is 2.15. The van der Waals surface area contributed by atoms with Crippen LogP contribution in [-0.2, 0) is 9.59 Å². The van der Waals surface area contributed by atoms with Gasteiger partial charge in [0.15, 0.2) is 0 Å². The lowest BCUT2D eigenvalue weighted by atomic mass is 10.1. The van der Waals surface area contributed by atoms with Crippen molar-refractivity contribution < 1.29 is 14.7 Å². The Kier molecular flexibility index (Phi) is 4.57. The Morgan fingerprint density at radius 2 is 2.00 bits per heavy atom. The number of carboxylic acid groups (broad SMARTS) is 1. The maximum Gasteiger partial charge on any atom is 0.329 e. The minimum Gasteiger partial charge on any atom is -0.478 e. The molecule has 1 amide bonds. The molecular weight excluding hydrogens is 304 g/mol. The molecule has 1 heterocycles. The molecule has 1 aromatic carbocycles. The van der Waals surface area contributed by atoms with Gasteiger partial charge >= 0.3 is 5.97 Å². The molecule has 0 aliphatic carbocycles. The van der Waals surface area contributed by atoms with Crippen LogP contribution in [0.2, 0.25) is 0 Å². The predicted octanol–water partition coefficient (Wildman–Crippen LogP) is 0.338. The number of aliphatic carboxylic acids is 1. The van der Waals surface area contributed by atoms with Crippen LogP contribution in [-0.4, -0.2) is 22.0 Å². The minimum absolute atomic E-state index is 0.0399. The summed E-state index contributed by atoms with van der Waals surface area (Å²) in [4.78, 5) is 36.5. The van der Waals surface area contributed by atoms with E-state index in [0.717, 1.165) is 28.5 Å². The Morgan fingerprint density at radius 1 is 1.27 bits per heavy atom. The number of anilines is 1. The van der Waals surface area contributed by atoms with Gasteiger partial charge < -0.3 is 15.4 Å². The number of H-pyrrole nitrogens is 1. The number of hydrogen-bond acceptors (Lipinski definition) is 4. The van der Waals surface area contributed by atoms with Crippen molar-refractivity contribution >= 4 is 41.1 Å². The van der Waals surface area contributed by atoms with Gasteiger partial charge in [-0.2, -0.15) is 0 Å². The number of benzene rings is 1. The van der Waals surface area contributed by atoms with E-state index < -0.39 is 17.4 Å². The van der Waals surface area contributed by atoms with E-state index in [2.05, 4.69) is 10.3 Å². The minimum atomic E-state index is -1.21. The molecule has 1 aromatic heterocycles. The maximum atomic E-state index is 12.0. The van der Waals surface area contributed by atoms with E-state index in [-0.39, 0.29) is 4.53 Å². The number of aromatic nitrogens is 1. The molecular formula is C15H14N2O4S. The molecule has 0 saturated carbocycles. The molecule has 7 heteroatoms. The first kappa shape index (κ1) is 15.7. The van der Waals surface area contributed by atoms with Crippen molar-refractivity contribution in [2.75, 3.05) is 5.32 Å². The van der Waals surface area contributed by atoms with Gasteiger partial charge in [0, 0.05) is 17.8 Å². The van der Waals surface area contributed by atoms with Crippen LogP contribution in [0.15, 0.2) is 23.0 Å². The normalized spacial score (nSPS) is 12.5. The summed E-state index contributed by atoms with van der Waals surface area (Å²) in [6.45, 7) is 3.84. The zero-order valence-electron chi connectivity index (χ0n) is 12.0. The summed E-state index contributed by atoms with van der Waals surface area (Å²) in [6, 6.07) is 5.63. The van der Waals surface area contributed by atoms with Crippen LogP contribution >= 0.6 is 11.3 Å². The first-order valence-electron chi connectivity index (χ1n) is 6.39. The number of thiazole rings is 1. The summed E-state index contributed by atoms with van der Waals surface area (Å²) < 4.78 is 0.331. The number of carbonyl (C=O) groups is 2. The molecule has 0 saturated heterocycles. The van der Waals surface area contributed by atoms with Crippen molar-refractivity contribution in [3.05, 3.63) is 48.9 Å². The van der Waals surface area contributed by atoms with Crippen molar-refractivity contribution in [1.29, 1.82) is 0 Å². The number of nitrogens with one attached hydrogen (secondary N) is 2. The van der Waals surface area contributed by atoms with E-state index in [1.165, 1.54) is 6.08 Å². The molecule has 2 aromatic rings. The van der Waals surface area contributed by atoms with Gasteiger partial charge in [0.05, 0.1) is 0 Å². The van der Waals surface area contributed by atoms with Crippen LogP contribution in [0.25, 0.3) is 12.2 Å². The van der Waals surface area contributed by atoms with Crippen LogP contribution in [0.3, 0.4) is 0 Å². The first-order valence-corrected chi connectivity index (χ1v) is 7.20. The standard InChI is InChI=1S/C15H14N2O4S/c1-8-3-4-10(9(2)5-8)16-12(18)7-13-17-15(21)11(22-13)6-14(19)20/h3-7H,1-2H3,(H,16,18)(H,17,21)(H,19,20)/b11-6+,13-7+. The Labute approximate surface area is 129 Å². The Balaban J connectivity index is 2.28. The largest absolute Gasteiger partial charge is 0.478 e. The highest BCUT2D eigenvalue weighted by atomic mass is 32.1. The van der Waals surface area contributed by atoms with E-state index in [0.29, 0.717) is 10.4 Å². The average Bonchev–Trinajstić information content (AvgIpc) is 2.72. The number of carbonyl (C=O) groups excluding carboxylic acids is 1. The molecule has 0 aliphatic heterocycles. The summed E-state index contributed by atoms with van der Waals surface area (Å²) in [5, 5.41) is 11.4. The average molecular weight is 318 g/mol. The molecule has 3 N–H and O–H groups in total. The zero-order chi connectivity index (χ0) is 16.3. The lowest BCUT2D eigenvalue weighted by Crippen LogP contribution is -2.21. The molecule has 0 radical (unpaired) electrons. The maximum absolute atomic E-state index is 12.0. The fraction of sp³-hybridized carbons (Fsp3) is 0.133. The van der Waals surface area contributed by atoms with Crippen molar-refractivity contribution in [3.8, 4) is 0 Å². The lowest BCUT2D eigenvalue weighted by Gasteiger charge is -2.06. The molecule has 0 unspecified atom stereocenters. The van der Waals surface area contributed by atoms with Crippen molar-refractivity contribution in [2.45, 2.75) is 13.8 Å². The van der Waals surface area contributed by atoms with Crippen molar-refractivity contribution in [2.24, 2.45) is 0 Å². The molecule has 0 aliphatic rings. The van der Waals surface area contributed by atoms with Crippen LogP contribution in [0, 0.1) is 13.8 Å². The number of aromatic amines is 1. The zero-order valence-corrected chi connectivity index (χ0v) is 12.8. The van der Waals surface area contributed by atoms with E-state index in [9.17, 15) is 14.4 Å². The second kappa shape index (κ2) is 6.40. The molecule has 0 fully saturated rings. The highest BCUT2D eigenvalue weighted by molar-refractivity contribution is 7.07. The molecule has 2 rings (SSSR count). The van der Waals surface area contributed by atoms with Gasteiger partial charge in [0.1, 0.15) is 9.20 Å². The van der Waals surface area contributed by atoms with Gasteiger partial charge in [0.25, 0.3) is 11.5 Å². The van der Waals surface area contributed by atoms with Crippen LogP contribution in [0.4, 0.5) is 5.69 Å². The van der Waals surface area contributed by atoms with Gasteiger partial charge in [-0.25, -0.2) is 4.79 Å². The summed E-state index contributed by atoms with van der Waals surface area (Å²) in [5.74, 6) is -1.61. The number of aryl methyl sites for hydroxylation is 2. The SMILES string of the molecule is Cc1ccc(NC(=O)/C=c2\[nH]c(=O)/c(=C\C(=O)O)s2)c(C)c1. The van der Waals surface area contributed by atoms with E-state index >= 15 is 0 Å². The van der Waals surface area contributed by atoms with Gasteiger partial charge in [-0.1, -0.05) is 17.7 Å². The molecule has 0 atom stereocenters. The van der Waals surface area contributed by atoms with Crippen LogP contribution < -0.4 is 20.1 Å². The lowest BCUT2D eigenvalue weighted by molar-refractivity contribution is -0.129. The quantitative estimate of drug-likeness (QED) is 0.760. The number of rotatable bonds is 3. The number of hydrogen-bond donors (Lipinski definition) is 3. The summed E-state index contributed by atoms with van der Waals surface area (Å²) in [5.41, 5.74) is 2.18. The number of carboxylic acids is 1. The Morgan fingerprint density at radius 3 is 2.64 bits per heavy atom. The highest BCUT2D eigenvalue weighted by Gasteiger charge is 2.03. The fourth-order valence-electron chi connectivity index (χ4n) is 1.88. The van der Waals surface area contributed by atoms with Gasteiger partial charge in [0.2, 0.25) is 0 Å². The van der Waals surface area contributed by atoms with Crippen molar-refractivity contribution in [3.63, 3.8) is 0 Å². The monoisotopic (exact) mass is 318 g/mol. The predicted molar refractivity (Wildman–Crippen MR) is 85.3 cm³/mol. The molecule has 22 heavy (non-hydrogen) atoms. The summed E-state index contributed by atoms with van der Waals surface area (Å²) >= 11 is 0.913. The Bertz CT molecular complexity index is 908. The molecule has 0 bridgehead atoms. The van der Waals surface area contributed by atoms with Gasteiger partial charge in [-0.05, 0) is 25.5 Å². The van der Waals surface area contributed by atoms with Gasteiger partial charge in [-0.3, -0.25) is 9.59 Å². The second-order valence-corrected chi connectivity index (χ2v) is 5.80. The van der Waals surface area contributed by atoms with Crippen LogP contribution in [0.5, 0.6) is 0 Å². The second-order valence-electron chi connectivity index (χ2n) is 4.72. The van der Waals surface area contributed by atoms with E-state index in [1.54, 1.807) is 6.07 Å². The van der Waals surface area contributed by atoms with E-state index in [1.807, 2.05) is 26.0 Å². The number of amides is 1. The van der Waals surface area contributed by atoms with Gasteiger partial charge in [-0.15, -0.1) is 11.3 Å². The Hall–Kier alpha value is -2.67. The summed E-state index contributed by atoms with van der Waals surface area (Å²) in [7, 11) is 0.